The molecule has 2 atom stereocenters. The topological polar surface area (TPSA) is 71.4 Å². The lowest BCUT2D eigenvalue weighted by Crippen LogP contribution is -2.29. The monoisotopic (exact) mass is 503 g/mol. The number of ether oxygens (including phenoxy) is 1. The van der Waals surface area contributed by atoms with Crippen molar-refractivity contribution in [2.24, 2.45) is 0 Å². The number of rotatable bonds is 7. The van der Waals surface area contributed by atoms with Crippen molar-refractivity contribution in [2.45, 2.75) is 57.2 Å². The molecule has 3 aromatic rings. The van der Waals surface area contributed by atoms with Crippen LogP contribution in [-0.2, 0) is 9.53 Å². The molecule has 0 spiro atoms. The van der Waals surface area contributed by atoms with Crippen LogP contribution in [0.2, 0.25) is 0 Å². The first-order valence-corrected chi connectivity index (χ1v) is 13.0. The molecule has 1 amide bonds. The Morgan fingerprint density at radius 2 is 2.03 bits per heavy atom. The first-order chi connectivity index (χ1) is 17.5. The Hall–Kier alpha value is -3.23. The molecule has 2 aliphatic rings. The van der Waals surface area contributed by atoms with Gasteiger partial charge in [0.25, 0.3) is 0 Å². The molecule has 1 saturated heterocycles. The molecule has 1 saturated carbocycles. The van der Waals surface area contributed by atoms with E-state index in [9.17, 15) is 4.79 Å². The molecule has 188 valence electrons. The highest BCUT2D eigenvalue weighted by Crippen LogP contribution is 2.43. The molecule has 2 N–H and O–H groups in total. The van der Waals surface area contributed by atoms with Crippen molar-refractivity contribution in [3.8, 4) is 0 Å². The molecule has 2 aromatic heterocycles. The highest BCUT2D eigenvalue weighted by Gasteiger charge is 2.41. The minimum atomic E-state index is -0.177. The van der Waals surface area contributed by atoms with E-state index in [4.69, 9.17) is 17.0 Å². The number of hydrogen-bond donors (Lipinski definition) is 2. The summed E-state index contributed by atoms with van der Waals surface area (Å²) in [4.78, 5) is 18.9. The van der Waals surface area contributed by atoms with Crippen LogP contribution < -0.4 is 15.5 Å². The number of nitrogens with zero attached hydrogens (tertiary/aromatic N) is 3. The van der Waals surface area contributed by atoms with Gasteiger partial charge in [-0.1, -0.05) is 25.3 Å². The van der Waals surface area contributed by atoms with Crippen LogP contribution in [0.1, 0.15) is 67.1 Å². The maximum absolute atomic E-state index is 12.0. The molecule has 7 nitrogen and oxygen atoms in total. The van der Waals surface area contributed by atoms with Gasteiger partial charge in [0.1, 0.15) is 6.61 Å². The average Bonchev–Trinajstić information content (AvgIpc) is 3.51. The molecule has 36 heavy (non-hydrogen) atoms. The largest absolute Gasteiger partial charge is 0.375 e. The van der Waals surface area contributed by atoms with E-state index in [1.807, 2.05) is 37.4 Å². The molecule has 0 bridgehead atoms. The van der Waals surface area contributed by atoms with Crippen LogP contribution in [-0.4, -0.2) is 34.3 Å². The van der Waals surface area contributed by atoms with Crippen molar-refractivity contribution in [2.75, 3.05) is 23.9 Å². The summed E-state index contributed by atoms with van der Waals surface area (Å²) in [7, 11) is 1.51. The van der Waals surface area contributed by atoms with E-state index < -0.39 is 0 Å². The zero-order valence-electron chi connectivity index (χ0n) is 20.8. The molecule has 2 fully saturated rings. The van der Waals surface area contributed by atoms with Crippen molar-refractivity contribution in [3.63, 3.8) is 0 Å². The quantitative estimate of drug-likeness (QED) is 0.417. The molecule has 1 aliphatic heterocycles. The molecular formula is C28H33N5O2S. The van der Waals surface area contributed by atoms with E-state index in [1.165, 1.54) is 44.8 Å². The molecule has 3 heterocycles. The van der Waals surface area contributed by atoms with E-state index in [0.717, 1.165) is 22.6 Å². The normalized spacial score (nSPS) is 20.4. The predicted molar refractivity (Wildman–Crippen MR) is 146 cm³/mol. The summed E-state index contributed by atoms with van der Waals surface area (Å²) in [6, 6.07) is 14.7. The van der Waals surface area contributed by atoms with Gasteiger partial charge in [-0.2, -0.15) is 0 Å². The lowest BCUT2D eigenvalue weighted by molar-refractivity contribution is -0.119. The van der Waals surface area contributed by atoms with Gasteiger partial charge >= 0.3 is 0 Å². The number of pyridine rings is 1. The van der Waals surface area contributed by atoms with Crippen LogP contribution in [0.4, 0.5) is 11.4 Å². The van der Waals surface area contributed by atoms with Gasteiger partial charge in [-0.25, -0.2) is 0 Å². The van der Waals surface area contributed by atoms with Gasteiger partial charge in [0, 0.05) is 43.1 Å². The number of methoxy groups -OCH3 is 1. The summed E-state index contributed by atoms with van der Waals surface area (Å²) < 4.78 is 7.34. The highest BCUT2D eigenvalue weighted by atomic mass is 32.1. The first-order valence-electron chi connectivity index (χ1n) is 12.6. The fourth-order valence-electron chi connectivity index (χ4n) is 5.44. The minimum Gasteiger partial charge on any atom is -0.375 e. The van der Waals surface area contributed by atoms with Crippen molar-refractivity contribution in [1.82, 2.24) is 14.9 Å². The molecule has 5 rings (SSSR count). The number of aromatic nitrogens is 2. The number of hydrogen-bond acceptors (Lipinski definition) is 4. The van der Waals surface area contributed by atoms with Crippen LogP contribution >= 0.6 is 12.2 Å². The summed E-state index contributed by atoms with van der Waals surface area (Å²) >= 11 is 5.88. The number of benzene rings is 1. The van der Waals surface area contributed by atoms with E-state index >= 15 is 0 Å². The molecule has 2 unspecified atom stereocenters. The summed E-state index contributed by atoms with van der Waals surface area (Å²) in [5.41, 5.74) is 4.86. The Balaban J connectivity index is 1.50. The maximum atomic E-state index is 12.0. The van der Waals surface area contributed by atoms with Crippen LogP contribution in [0.15, 0.2) is 61.1 Å². The second kappa shape index (κ2) is 10.8. The molecule has 8 heteroatoms. The standard InChI is InChI=1S/C28H33N5O2S/c1-19-16-22(11-12-23(19)30-25(34)18-35-2)33-27(26(31-28(33)36)24-10-6-7-14-29-24)20-13-15-32(17-20)21-8-4-3-5-9-21/h6-7,10-17,21,26-27H,3-5,8-9,18H2,1-2H3,(H,30,34)(H,31,36). The lowest BCUT2D eigenvalue weighted by atomic mass is 9.95. The number of carbonyl (C=O) groups is 1. The predicted octanol–water partition coefficient (Wildman–Crippen LogP) is 5.46. The van der Waals surface area contributed by atoms with Gasteiger partial charge in [0.05, 0.1) is 17.8 Å². The second-order valence-corrected chi connectivity index (χ2v) is 10.0. The van der Waals surface area contributed by atoms with Crippen LogP contribution in [0.25, 0.3) is 0 Å². The smallest absolute Gasteiger partial charge is 0.250 e. The molecule has 1 aliphatic carbocycles. The number of amides is 1. The van der Waals surface area contributed by atoms with Gasteiger partial charge in [-0.3, -0.25) is 9.78 Å². The third kappa shape index (κ3) is 5.01. The van der Waals surface area contributed by atoms with Gasteiger partial charge in [-0.05, 0) is 79.5 Å². The van der Waals surface area contributed by atoms with Gasteiger partial charge < -0.3 is 24.8 Å². The Morgan fingerprint density at radius 1 is 1.19 bits per heavy atom. The number of nitrogens with one attached hydrogen (secondary N) is 2. The van der Waals surface area contributed by atoms with Gasteiger partial charge in [-0.15, -0.1) is 0 Å². The van der Waals surface area contributed by atoms with Gasteiger partial charge in [0.2, 0.25) is 5.91 Å². The Morgan fingerprint density at radius 3 is 2.75 bits per heavy atom. The fraction of sp³-hybridized carbons (Fsp3) is 0.393. The third-order valence-electron chi connectivity index (χ3n) is 7.21. The van der Waals surface area contributed by atoms with E-state index in [-0.39, 0.29) is 24.6 Å². The Kier molecular flexibility index (Phi) is 7.34. The Labute approximate surface area is 217 Å². The highest BCUT2D eigenvalue weighted by molar-refractivity contribution is 7.80. The third-order valence-corrected chi connectivity index (χ3v) is 7.53. The van der Waals surface area contributed by atoms with Crippen LogP contribution in [0.5, 0.6) is 0 Å². The number of carbonyl (C=O) groups excluding carboxylic acids is 1. The van der Waals surface area contributed by atoms with Crippen molar-refractivity contribution < 1.29 is 9.53 Å². The van der Waals surface area contributed by atoms with Gasteiger partial charge in [0.15, 0.2) is 5.11 Å². The molecule has 0 radical (unpaired) electrons. The SMILES string of the molecule is COCC(=O)Nc1ccc(N2C(=S)NC(c3ccccn3)C2c2ccn(C3CCCCC3)c2)cc1C. The van der Waals surface area contributed by atoms with Crippen LogP contribution in [0, 0.1) is 6.92 Å². The number of anilines is 2. The summed E-state index contributed by atoms with van der Waals surface area (Å²) in [5.74, 6) is -0.177. The fourth-order valence-corrected chi connectivity index (χ4v) is 5.78. The molecular weight excluding hydrogens is 470 g/mol. The zero-order valence-corrected chi connectivity index (χ0v) is 21.6. The second-order valence-electron chi connectivity index (χ2n) is 9.66. The summed E-state index contributed by atoms with van der Waals surface area (Å²) in [6.07, 6.45) is 12.7. The van der Waals surface area contributed by atoms with Crippen molar-refractivity contribution in [3.05, 3.63) is 77.9 Å². The lowest BCUT2D eigenvalue weighted by Gasteiger charge is -2.28. The minimum absolute atomic E-state index is 0.0210. The first kappa shape index (κ1) is 24.5. The van der Waals surface area contributed by atoms with E-state index in [2.05, 4.69) is 55.7 Å². The van der Waals surface area contributed by atoms with Crippen LogP contribution in [0.3, 0.4) is 0 Å². The van der Waals surface area contributed by atoms with Crippen molar-refractivity contribution >= 4 is 34.6 Å². The maximum Gasteiger partial charge on any atom is 0.250 e. The number of aryl methyl sites for hydroxylation is 1. The van der Waals surface area contributed by atoms with Crippen molar-refractivity contribution in [1.29, 1.82) is 0 Å². The van der Waals surface area contributed by atoms with E-state index in [1.54, 1.807) is 0 Å². The molecule has 1 aromatic carbocycles. The summed E-state index contributed by atoms with van der Waals surface area (Å²) in [6.45, 7) is 2.01. The summed E-state index contributed by atoms with van der Waals surface area (Å²) in [5, 5.41) is 7.12. The number of thiocarbonyl (C=S) groups is 1. The zero-order chi connectivity index (χ0) is 25.1. The van der Waals surface area contributed by atoms with E-state index in [0.29, 0.717) is 11.2 Å². The average molecular weight is 504 g/mol. The Bertz CT molecular complexity index is 1220.